The molecule has 0 aliphatic carbocycles. The minimum atomic E-state index is -0.396. The van der Waals surface area contributed by atoms with E-state index in [1.54, 1.807) is 24.3 Å². The molecule has 0 radical (unpaired) electrons. The zero-order valence-corrected chi connectivity index (χ0v) is 12.9. The lowest BCUT2D eigenvalue weighted by molar-refractivity contribution is -0.123. The van der Waals surface area contributed by atoms with Crippen molar-refractivity contribution in [3.05, 3.63) is 53.6 Å². The van der Waals surface area contributed by atoms with Crippen molar-refractivity contribution in [1.82, 2.24) is 5.43 Å². The summed E-state index contributed by atoms with van der Waals surface area (Å²) in [5.41, 5.74) is 3.72. The summed E-state index contributed by atoms with van der Waals surface area (Å²) in [6, 6.07) is 12.4. The van der Waals surface area contributed by atoms with Crippen molar-refractivity contribution in [3.8, 4) is 17.2 Å². The molecule has 2 aromatic carbocycles. The van der Waals surface area contributed by atoms with Crippen LogP contribution in [0.1, 0.15) is 11.1 Å². The molecule has 0 atom stereocenters. The van der Waals surface area contributed by atoms with Gasteiger partial charge in [-0.3, -0.25) is 4.79 Å². The molecule has 6 heteroatoms. The van der Waals surface area contributed by atoms with Crippen LogP contribution in [0.3, 0.4) is 0 Å². The predicted octanol–water partition coefficient (Wildman–Crippen LogP) is 2.24. The van der Waals surface area contributed by atoms with Crippen molar-refractivity contribution in [3.63, 3.8) is 0 Å². The number of para-hydroxylation sites is 2. The highest BCUT2D eigenvalue weighted by molar-refractivity contribution is 5.86. The number of carbonyl (C=O) groups is 1. The molecule has 2 N–H and O–H groups in total. The molecule has 0 aliphatic rings. The zero-order chi connectivity index (χ0) is 16.7. The first-order valence-corrected chi connectivity index (χ1v) is 6.98. The Morgan fingerprint density at radius 1 is 1.22 bits per heavy atom. The van der Waals surface area contributed by atoms with Crippen molar-refractivity contribution < 1.29 is 19.4 Å². The first kappa shape index (κ1) is 16.4. The number of hydrazone groups is 1. The number of nitrogens with one attached hydrogen (secondary N) is 1. The summed E-state index contributed by atoms with van der Waals surface area (Å²) in [6.07, 6.45) is 1.34. The molecule has 0 aromatic heterocycles. The number of aromatic hydroxyl groups is 1. The molecule has 6 nitrogen and oxygen atoms in total. The molecule has 120 valence electrons. The second-order valence-electron chi connectivity index (χ2n) is 4.75. The number of nitrogens with zero attached hydrogens (tertiary/aromatic N) is 1. The van der Waals surface area contributed by atoms with E-state index in [9.17, 15) is 9.90 Å². The van der Waals surface area contributed by atoms with E-state index >= 15 is 0 Å². The van der Waals surface area contributed by atoms with Crippen LogP contribution in [-0.4, -0.2) is 30.9 Å². The quantitative estimate of drug-likeness (QED) is 0.633. The van der Waals surface area contributed by atoms with E-state index in [1.165, 1.54) is 13.3 Å². The van der Waals surface area contributed by atoms with Crippen molar-refractivity contribution in [2.24, 2.45) is 5.10 Å². The molecule has 0 aliphatic heterocycles. The Balaban J connectivity index is 1.88. The van der Waals surface area contributed by atoms with Gasteiger partial charge in [0.2, 0.25) is 0 Å². The van der Waals surface area contributed by atoms with Gasteiger partial charge in [-0.2, -0.15) is 5.10 Å². The lowest BCUT2D eigenvalue weighted by Gasteiger charge is -2.07. The minimum Gasteiger partial charge on any atom is -0.504 e. The first-order valence-electron chi connectivity index (χ1n) is 6.98. The number of carbonyl (C=O) groups excluding carboxylic acids is 1. The molecule has 2 aromatic rings. The third-order valence-electron chi connectivity index (χ3n) is 3.10. The lowest BCUT2D eigenvalue weighted by atomic mass is 10.2. The van der Waals surface area contributed by atoms with Gasteiger partial charge in [0.05, 0.1) is 13.3 Å². The van der Waals surface area contributed by atoms with E-state index in [0.717, 1.165) is 5.56 Å². The number of aryl methyl sites for hydroxylation is 1. The van der Waals surface area contributed by atoms with Gasteiger partial charge in [0.25, 0.3) is 5.91 Å². The fourth-order valence-electron chi connectivity index (χ4n) is 1.88. The topological polar surface area (TPSA) is 80.2 Å². The monoisotopic (exact) mass is 314 g/mol. The van der Waals surface area contributed by atoms with Gasteiger partial charge in [-0.1, -0.05) is 24.3 Å². The Hall–Kier alpha value is -3.02. The number of methoxy groups -OCH3 is 1. The van der Waals surface area contributed by atoms with Gasteiger partial charge < -0.3 is 14.6 Å². The van der Waals surface area contributed by atoms with Crippen LogP contribution in [0.15, 0.2) is 47.6 Å². The fourth-order valence-corrected chi connectivity index (χ4v) is 1.88. The Bertz CT molecular complexity index is 713. The number of amides is 1. The Morgan fingerprint density at radius 3 is 2.70 bits per heavy atom. The summed E-state index contributed by atoms with van der Waals surface area (Å²) < 4.78 is 10.4. The summed E-state index contributed by atoms with van der Waals surface area (Å²) in [5, 5.41) is 13.7. The molecule has 0 spiro atoms. The van der Waals surface area contributed by atoms with Crippen LogP contribution < -0.4 is 14.9 Å². The SMILES string of the molecule is COc1cccc(C=NNC(=O)COc2ccccc2C)c1O. The molecule has 2 rings (SSSR count). The highest BCUT2D eigenvalue weighted by Crippen LogP contribution is 2.27. The highest BCUT2D eigenvalue weighted by Gasteiger charge is 2.06. The second kappa shape index (κ2) is 7.84. The van der Waals surface area contributed by atoms with E-state index in [-0.39, 0.29) is 12.4 Å². The molecule has 0 unspecified atom stereocenters. The molecule has 0 saturated heterocycles. The van der Waals surface area contributed by atoms with Crippen molar-refractivity contribution in [2.45, 2.75) is 6.92 Å². The highest BCUT2D eigenvalue weighted by atomic mass is 16.5. The molecule has 0 saturated carbocycles. The number of phenols is 1. The van der Waals surface area contributed by atoms with Crippen molar-refractivity contribution in [1.29, 1.82) is 0 Å². The van der Waals surface area contributed by atoms with Gasteiger partial charge in [0.1, 0.15) is 5.75 Å². The number of hydrogen-bond acceptors (Lipinski definition) is 5. The lowest BCUT2D eigenvalue weighted by Crippen LogP contribution is -2.24. The van der Waals surface area contributed by atoms with E-state index < -0.39 is 5.91 Å². The molecule has 0 fully saturated rings. The normalized spacial score (nSPS) is 10.5. The number of phenolic OH excluding ortho intramolecular Hbond substituents is 1. The molecular weight excluding hydrogens is 296 g/mol. The van der Waals surface area contributed by atoms with E-state index in [0.29, 0.717) is 17.1 Å². The van der Waals surface area contributed by atoms with Crippen LogP contribution in [0.5, 0.6) is 17.2 Å². The average Bonchev–Trinajstić information content (AvgIpc) is 2.55. The summed E-state index contributed by atoms with van der Waals surface area (Å²) in [6.45, 7) is 1.75. The van der Waals surface area contributed by atoms with Crippen molar-refractivity contribution in [2.75, 3.05) is 13.7 Å². The molecule has 0 bridgehead atoms. The largest absolute Gasteiger partial charge is 0.504 e. The standard InChI is InChI=1S/C17H18N2O4/c1-12-6-3-4-8-14(12)23-11-16(20)19-18-10-13-7-5-9-15(22-2)17(13)21/h3-10,21H,11H2,1-2H3,(H,19,20). The van der Waals surface area contributed by atoms with E-state index in [1.807, 2.05) is 25.1 Å². The maximum atomic E-state index is 11.7. The Kier molecular flexibility index (Phi) is 5.57. The molecule has 0 heterocycles. The van der Waals surface area contributed by atoms with E-state index in [4.69, 9.17) is 9.47 Å². The van der Waals surface area contributed by atoms with Crippen LogP contribution >= 0.6 is 0 Å². The molecule has 23 heavy (non-hydrogen) atoms. The zero-order valence-electron chi connectivity index (χ0n) is 12.9. The number of ether oxygens (including phenoxy) is 2. The van der Waals surface area contributed by atoms with Gasteiger partial charge >= 0.3 is 0 Å². The van der Waals surface area contributed by atoms with Gasteiger partial charge in [-0.05, 0) is 30.7 Å². The van der Waals surface area contributed by atoms with Crippen LogP contribution in [0, 0.1) is 6.92 Å². The number of rotatable bonds is 6. The van der Waals surface area contributed by atoms with Crippen LogP contribution in [-0.2, 0) is 4.79 Å². The molecule has 1 amide bonds. The van der Waals surface area contributed by atoms with Crippen LogP contribution in [0.4, 0.5) is 0 Å². The Morgan fingerprint density at radius 2 is 1.96 bits per heavy atom. The van der Waals surface area contributed by atoms with Crippen molar-refractivity contribution >= 4 is 12.1 Å². The van der Waals surface area contributed by atoms with Gasteiger partial charge in [0, 0.05) is 5.56 Å². The second-order valence-corrected chi connectivity index (χ2v) is 4.75. The fraction of sp³-hybridized carbons (Fsp3) is 0.176. The third kappa shape index (κ3) is 4.47. The van der Waals surface area contributed by atoms with Gasteiger partial charge in [0.15, 0.2) is 18.1 Å². The van der Waals surface area contributed by atoms with Gasteiger partial charge in [-0.25, -0.2) is 5.43 Å². The maximum Gasteiger partial charge on any atom is 0.277 e. The average molecular weight is 314 g/mol. The van der Waals surface area contributed by atoms with Gasteiger partial charge in [-0.15, -0.1) is 0 Å². The summed E-state index contributed by atoms with van der Waals surface area (Å²) in [5.74, 6) is 0.552. The maximum absolute atomic E-state index is 11.7. The van der Waals surface area contributed by atoms with E-state index in [2.05, 4.69) is 10.5 Å². The third-order valence-corrected chi connectivity index (χ3v) is 3.10. The van der Waals surface area contributed by atoms with Crippen LogP contribution in [0.25, 0.3) is 0 Å². The summed E-state index contributed by atoms with van der Waals surface area (Å²) in [4.78, 5) is 11.7. The number of benzene rings is 2. The van der Waals surface area contributed by atoms with Crippen LogP contribution in [0.2, 0.25) is 0 Å². The number of hydrogen-bond donors (Lipinski definition) is 2. The molecular formula is C17H18N2O4. The summed E-state index contributed by atoms with van der Waals surface area (Å²) >= 11 is 0. The Labute approximate surface area is 134 Å². The minimum absolute atomic E-state index is 0.0378. The first-order chi connectivity index (χ1) is 11.1. The predicted molar refractivity (Wildman–Crippen MR) is 87.1 cm³/mol. The summed E-state index contributed by atoms with van der Waals surface area (Å²) in [7, 11) is 1.46. The smallest absolute Gasteiger partial charge is 0.277 e.